The SMILES string of the molecule is Cc1cccc(=O)n1Cc1cccc(N)c1. The van der Waals surface area contributed by atoms with E-state index in [1.54, 1.807) is 16.7 Å². The van der Waals surface area contributed by atoms with Gasteiger partial charge in [0.2, 0.25) is 0 Å². The highest BCUT2D eigenvalue weighted by atomic mass is 16.1. The number of hydrogen-bond acceptors (Lipinski definition) is 2. The lowest BCUT2D eigenvalue weighted by molar-refractivity contribution is 0.730. The van der Waals surface area contributed by atoms with Crippen LogP contribution in [0.2, 0.25) is 0 Å². The smallest absolute Gasteiger partial charge is 0.251 e. The number of rotatable bonds is 2. The third kappa shape index (κ3) is 2.14. The first kappa shape index (κ1) is 10.5. The summed E-state index contributed by atoms with van der Waals surface area (Å²) in [5.41, 5.74) is 8.43. The molecule has 16 heavy (non-hydrogen) atoms. The summed E-state index contributed by atoms with van der Waals surface area (Å²) in [5.74, 6) is 0. The number of aryl methyl sites for hydroxylation is 1. The van der Waals surface area contributed by atoms with E-state index in [0.717, 1.165) is 16.9 Å². The Hall–Kier alpha value is -2.03. The Balaban J connectivity index is 2.38. The van der Waals surface area contributed by atoms with Crippen molar-refractivity contribution >= 4 is 5.69 Å². The third-order valence-corrected chi connectivity index (χ3v) is 2.56. The molecular weight excluding hydrogens is 200 g/mol. The van der Waals surface area contributed by atoms with Crippen LogP contribution in [0.4, 0.5) is 5.69 Å². The minimum absolute atomic E-state index is 0.0161. The maximum atomic E-state index is 11.7. The largest absolute Gasteiger partial charge is 0.399 e. The zero-order valence-electron chi connectivity index (χ0n) is 9.18. The Morgan fingerprint density at radius 3 is 2.62 bits per heavy atom. The fraction of sp³-hybridized carbons (Fsp3) is 0.154. The molecule has 0 bridgehead atoms. The molecule has 0 aliphatic carbocycles. The fourth-order valence-electron chi connectivity index (χ4n) is 1.70. The second kappa shape index (κ2) is 4.23. The summed E-state index contributed by atoms with van der Waals surface area (Å²) in [5, 5.41) is 0. The monoisotopic (exact) mass is 214 g/mol. The lowest BCUT2D eigenvalue weighted by atomic mass is 10.2. The van der Waals surface area contributed by atoms with Crippen molar-refractivity contribution in [3.8, 4) is 0 Å². The molecule has 0 saturated heterocycles. The topological polar surface area (TPSA) is 48.0 Å². The highest BCUT2D eigenvalue weighted by Crippen LogP contribution is 2.08. The van der Waals surface area contributed by atoms with E-state index in [-0.39, 0.29) is 5.56 Å². The van der Waals surface area contributed by atoms with E-state index in [1.165, 1.54) is 0 Å². The molecule has 0 saturated carbocycles. The van der Waals surface area contributed by atoms with Gasteiger partial charge in [-0.1, -0.05) is 18.2 Å². The van der Waals surface area contributed by atoms with Crippen LogP contribution in [0, 0.1) is 6.92 Å². The average Bonchev–Trinajstić information content (AvgIpc) is 2.24. The summed E-state index contributed by atoms with van der Waals surface area (Å²) in [6.07, 6.45) is 0. The number of benzene rings is 1. The van der Waals surface area contributed by atoms with Crippen LogP contribution in [-0.4, -0.2) is 4.57 Å². The molecule has 3 heteroatoms. The van der Waals surface area contributed by atoms with Crippen LogP contribution in [0.25, 0.3) is 0 Å². The molecular formula is C13H14N2O. The van der Waals surface area contributed by atoms with E-state index in [4.69, 9.17) is 5.73 Å². The van der Waals surface area contributed by atoms with Crippen LogP contribution >= 0.6 is 0 Å². The second-order valence-electron chi connectivity index (χ2n) is 3.84. The molecule has 0 atom stereocenters. The van der Waals surface area contributed by atoms with Crippen molar-refractivity contribution in [3.05, 3.63) is 64.1 Å². The van der Waals surface area contributed by atoms with Crippen molar-refractivity contribution in [2.24, 2.45) is 0 Å². The maximum Gasteiger partial charge on any atom is 0.251 e. The van der Waals surface area contributed by atoms with E-state index >= 15 is 0 Å². The number of hydrogen-bond donors (Lipinski definition) is 1. The zero-order valence-corrected chi connectivity index (χ0v) is 9.18. The number of anilines is 1. The fourth-order valence-corrected chi connectivity index (χ4v) is 1.70. The van der Waals surface area contributed by atoms with Gasteiger partial charge in [0.05, 0.1) is 6.54 Å². The molecule has 0 aliphatic rings. The Morgan fingerprint density at radius 1 is 1.19 bits per heavy atom. The van der Waals surface area contributed by atoms with Crippen molar-refractivity contribution in [2.45, 2.75) is 13.5 Å². The van der Waals surface area contributed by atoms with Crippen LogP contribution in [0.1, 0.15) is 11.3 Å². The number of pyridine rings is 1. The van der Waals surface area contributed by atoms with Crippen LogP contribution in [0.5, 0.6) is 0 Å². The van der Waals surface area contributed by atoms with Crippen LogP contribution in [0.15, 0.2) is 47.3 Å². The molecule has 1 aromatic carbocycles. The first-order valence-electron chi connectivity index (χ1n) is 5.18. The maximum absolute atomic E-state index is 11.7. The molecule has 2 rings (SSSR count). The minimum atomic E-state index is 0.0161. The highest BCUT2D eigenvalue weighted by molar-refractivity contribution is 5.40. The van der Waals surface area contributed by atoms with Crippen molar-refractivity contribution in [1.82, 2.24) is 4.57 Å². The number of aromatic nitrogens is 1. The van der Waals surface area contributed by atoms with Gasteiger partial charge in [-0.15, -0.1) is 0 Å². The molecule has 0 fully saturated rings. The van der Waals surface area contributed by atoms with Crippen molar-refractivity contribution < 1.29 is 0 Å². The molecule has 0 aliphatic heterocycles. The third-order valence-electron chi connectivity index (χ3n) is 2.56. The Bertz CT molecular complexity index is 558. The molecule has 0 unspecified atom stereocenters. The molecule has 2 N–H and O–H groups in total. The van der Waals surface area contributed by atoms with E-state index < -0.39 is 0 Å². The predicted molar refractivity (Wildman–Crippen MR) is 65.4 cm³/mol. The van der Waals surface area contributed by atoms with E-state index in [9.17, 15) is 4.79 Å². The zero-order chi connectivity index (χ0) is 11.5. The van der Waals surface area contributed by atoms with Gasteiger partial charge in [0.25, 0.3) is 5.56 Å². The van der Waals surface area contributed by atoms with Gasteiger partial charge in [-0.3, -0.25) is 4.79 Å². The molecule has 2 aromatic rings. The van der Waals surface area contributed by atoms with Gasteiger partial charge in [-0.2, -0.15) is 0 Å². The Labute approximate surface area is 94.1 Å². The summed E-state index contributed by atoms with van der Waals surface area (Å²) < 4.78 is 1.73. The van der Waals surface area contributed by atoms with Gasteiger partial charge in [-0.05, 0) is 30.7 Å². The number of nitrogens with zero attached hydrogens (tertiary/aromatic N) is 1. The normalized spacial score (nSPS) is 10.3. The molecule has 0 amide bonds. The molecule has 1 heterocycles. The quantitative estimate of drug-likeness (QED) is 0.775. The summed E-state index contributed by atoms with van der Waals surface area (Å²) in [7, 11) is 0. The lowest BCUT2D eigenvalue weighted by Gasteiger charge is -2.09. The Kier molecular flexibility index (Phi) is 2.77. The second-order valence-corrected chi connectivity index (χ2v) is 3.84. The van der Waals surface area contributed by atoms with Gasteiger partial charge in [0.1, 0.15) is 0 Å². The summed E-state index contributed by atoms with van der Waals surface area (Å²) in [6.45, 7) is 2.49. The van der Waals surface area contributed by atoms with Gasteiger partial charge >= 0.3 is 0 Å². The predicted octanol–water partition coefficient (Wildman–Crippen LogP) is 1.79. The minimum Gasteiger partial charge on any atom is -0.399 e. The molecule has 0 spiro atoms. The van der Waals surface area contributed by atoms with Crippen molar-refractivity contribution in [2.75, 3.05) is 5.73 Å². The average molecular weight is 214 g/mol. The summed E-state index contributed by atoms with van der Waals surface area (Å²) in [4.78, 5) is 11.7. The standard InChI is InChI=1S/C13H14N2O/c1-10-4-2-7-13(16)15(10)9-11-5-3-6-12(14)8-11/h2-8H,9,14H2,1H3. The van der Waals surface area contributed by atoms with Crippen molar-refractivity contribution in [3.63, 3.8) is 0 Å². The van der Waals surface area contributed by atoms with E-state index in [2.05, 4.69) is 0 Å². The summed E-state index contributed by atoms with van der Waals surface area (Å²) in [6, 6.07) is 12.9. The van der Waals surface area contributed by atoms with E-state index in [1.807, 2.05) is 37.3 Å². The van der Waals surface area contributed by atoms with Crippen molar-refractivity contribution in [1.29, 1.82) is 0 Å². The van der Waals surface area contributed by atoms with Crippen LogP contribution in [0.3, 0.4) is 0 Å². The highest BCUT2D eigenvalue weighted by Gasteiger charge is 2.00. The van der Waals surface area contributed by atoms with Gasteiger partial charge in [0, 0.05) is 17.4 Å². The lowest BCUT2D eigenvalue weighted by Crippen LogP contribution is -2.21. The van der Waals surface area contributed by atoms with E-state index in [0.29, 0.717) is 6.54 Å². The number of nitrogens with two attached hydrogens (primary N) is 1. The molecule has 1 aromatic heterocycles. The van der Waals surface area contributed by atoms with Crippen LogP contribution < -0.4 is 11.3 Å². The summed E-state index contributed by atoms with van der Waals surface area (Å²) >= 11 is 0. The van der Waals surface area contributed by atoms with Gasteiger partial charge in [0.15, 0.2) is 0 Å². The van der Waals surface area contributed by atoms with Crippen LogP contribution in [-0.2, 0) is 6.54 Å². The molecule has 82 valence electrons. The van der Waals surface area contributed by atoms with Gasteiger partial charge < -0.3 is 10.3 Å². The van der Waals surface area contributed by atoms with Gasteiger partial charge in [-0.25, -0.2) is 0 Å². The Morgan fingerprint density at radius 2 is 1.94 bits per heavy atom. The first-order chi connectivity index (χ1) is 7.66. The molecule has 0 radical (unpaired) electrons. The first-order valence-corrected chi connectivity index (χ1v) is 5.18. The number of nitrogen functional groups attached to an aromatic ring is 1. The molecule has 3 nitrogen and oxygen atoms in total.